The van der Waals surface area contributed by atoms with Crippen LogP contribution in [-0.4, -0.2) is 29.9 Å². The molecule has 0 saturated heterocycles. The maximum absolute atomic E-state index is 3.81. The molecular weight excluding hydrogens is 354 g/mol. The van der Waals surface area contributed by atoms with E-state index in [2.05, 4.69) is 48.8 Å². The van der Waals surface area contributed by atoms with E-state index < -0.39 is 0 Å². The van der Waals surface area contributed by atoms with E-state index in [9.17, 15) is 0 Å². The van der Waals surface area contributed by atoms with E-state index in [0.717, 1.165) is 16.7 Å². The van der Waals surface area contributed by atoms with Crippen molar-refractivity contribution in [2.75, 3.05) is 14.1 Å². The first-order chi connectivity index (χ1) is 8.04. The zero-order chi connectivity index (χ0) is 12.8. The summed E-state index contributed by atoms with van der Waals surface area (Å²) in [5, 5.41) is 0. The fourth-order valence-corrected chi connectivity index (χ4v) is 3.94. The van der Waals surface area contributed by atoms with Gasteiger partial charge in [-0.3, -0.25) is 0 Å². The third kappa shape index (κ3) is 8.41. The number of rotatable bonds is 2. The second kappa shape index (κ2) is 13.6. The van der Waals surface area contributed by atoms with Crippen LogP contribution in [0.4, 0.5) is 0 Å². The molecule has 0 heterocycles. The predicted octanol–water partition coefficient (Wildman–Crippen LogP) is 5.59. The Hall–Kier alpha value is 0.959. The third-order valence-corrected chi connectivity index (χ3v) is 6.17. The van der Waals surface area contributed by atoms with Gasteiger partial charge >= 0.3 is 17.1 Å². The van der Waals surface area contributed by atoms with Crippen LogP contribution in [0.15, 0.2) is 0 Å². The molecule has 3 heteroatoms. The minimum atomic E-state index is 0. The van der Waals surface area contributed by atoms with E-state index in [1.165, 1.54) is 44.9 Å². The average molecular weight is 390 g/mol. The molecule has 124 valence electrons. The molecule has 2 rings (SSSR count). The Morgan fingerprint density at radius 3 is 1.60 bits per heavy atom. The molecule has 0 radical (unpaired) electrons. The van der Waals surface area contributed by atoms with Crippen LogP contribution in [0.2, 0.25) is 0 Å². The first-order valence-corrected chi connectivity index (χ1v) is 8.26. The SMILES string of the molecule is C1CCCC1.CC1CCC([C@@H](C)N(C)C)C1Br.[CH3-].[CH3-].[Fe+2]. The number of alkyl halides is 1. The first-order valence-electron chi connectivity index (χ1n) is 7.34. The molecule has 0 aromatic carbocycles. The van der Waals surface area contributed by atoms with Crippen molar-refractivity contribution >= 4 is 15.9 Å². The van der Waals surface area contributed by atoms with Crippen LogP contribution in [0.5, 0.6) is 0 Å². The average Bonchev–Trinajstić information content (AvgIpc) is 2.94. The molecule has 2 fully saturated rings. The summed E-state index contributed by atoms with van der Waals surface area (Å²) < 4.78 is 0. The summed E-state index contributed by atoms with van der Waals surface area (Å²) in [6.45, 7) is 4.68. The van der Waals surface area contributed by atoms with Gasteiger partial charge in [-0.1, -0.05) is 55.0 Å². The molecule has 0 aromatic rings. The summed E-state index contributed by atoms with van der Waals surface area (Å²) in [6.07, 6.45) is 10.3. The van der Waals surface area contributed by atoms with Gasteiger partial charge in [0.05, 0.1) is 0 Å². The largest absolute Gasteiger partial charge is 2.00 e. The van der Waals surface area contributed by atoms with Gasteiger partial charge < -0.3 is 19.8 Å². The molecule has 20 heavy (non-hydrogen) atoms. The standard InChI is InChI=1S/C10H20BrN.C5H10.2CH3.Fe/c1-7-5-6-9(10(7)11)8(2)12(3)4;1-2-4-5-3-1;;;/h7-10H,5-6H2,1-4H3;1-5H2;2*1H3;/q;;2*-1;+2/t7?,8-,9?,10?;;;;/m1..../s1. The molecule has 2 aliphatic rings. The van der Waals surface area contributed by atoms with Crippen LogP contribution in [0, 0.1) is 26.7 Å². The van der Waals surface area contributed by atoms with E-state index in [4.69, 9.17) is 0 Å². The molecule has 0 aliphatic heterocycles. The number of halogens is 1. The Morgan fingerprint density at radius 1 is 0.950 bits per heavy atom. The summed E-state index contributed by atoms with van der Waals surface area (Å²) in [7, 11) is 4.35. The maximum Gasteiger partial charge on any atom is 2.00 e. The molecule has 2 saturated carbocycles. The van der Waals surface area contributed by atoms with Gasteiger partial charge in [0.1, 0.15) is 0 Å². The van der Waals surface area contributed by atoms with Crippen molar-refractivity contribution in [1.29, 1.82) is 0 Å². The number of hydrogen-bond donors (Lipinski definition) is 0. The second-order valence-corrected chi connectivity index (χ2v) is 7.19. The summed E-state index contributed by atoms with van der Waals surface area (Å²) in [4.78, 5) is 3.06. The van der Waals surface area contributed by atoms with Crippen molar-refractivity contribution < 1.29 is 17.1 Å². The van der Waals surface area contributed by atoms with Crippen LogP contribution < -0.4 is 0 Å². The Balaban J connectivity index is -0.000000312. The molecule has 0 bridgehead atoms. The van der Waals surface area contributed by atoms with Crippen molar-refractivity contribution in [3.63, 3.8) is 0 Å². The van der Waals surface area contributed by atoms with Gasteiger partial charge in [-0.05, 0) is 45.7 Å². The van der Waals surface area contributed by atoms with Gasteiger partial charge in [0.15, 0.2) is 0 Å². The van der Waals surface area contributed by atoms with Crippen molar-refractivity contribution in [1.82, 2.24) is 4.90 Å². The van der Waals surface area contributed by atoms with Crippen LogP contribution in [0.1, 0.15) is 58.8 Å². The van der Waals surface area contributed by atoms with E-state index in [0.29, 0.717) is 6.04 Å². The fraction of sp³-hybridized carbons (Fsp3) is 0.882. The van der Waals surface area contributed by atoms with E-state index in [1.807, 2.05) is 0 Å². The molecule has 0 amide bonds. The molecule has 3 unspecified atom stereocenters. The van der Waals surface area contributed by atoms with Gasteiger partial charge in [-0.25, -0.2) is 0 Å². The second-order valence-electron chi connectivity index (χ2n) is 6.13. The van der Waals surface area contributed by atoms with Crippen LogP contribution in [0.25, 0.3) is 0 Å². The van der Waals surface area contributed by atoms with E-state index in [-0.39, 0.29) is 31.9 Å². The quantitative estimate of drug-likeness (QED) is 0.337. The van der Waals surface area contributed by atoms with Crippen molar-refractivity contribution in [3.8, 4) is 0 Å². The Bertz CT molecular complexity index is 200. The minimum absolute atomic E-state index is 0. The molecule has 1 nitrogen and oxygen atoms in total. The molecule has 0 spiro atoms. The summed E-state index contributed by atoms with van der Waals surface area (Å²) in [5.74, 6) is 1.70. The van der Waals surface area contributed by atoms with Gasteiger partial charge in [0.2, 0.25) is 0 Å². The normalized spacial score (nSPS) is 29.4. The zero-order valence-corrected chi connectivity index (χ0v) is 17.1. The number of nitrogens with zero attached hydrogens (tertiary/aromatic N) is 1. The predicted molar refractivity (Wildman–Crippen MR) is 93.7 cm³/mol. The maximum atomic E-state index is 3.81. The van der Waals surface area contributed by atoms with Crippen molar-refractivity contribution in [2.24, 2.45) is 11.8 Å². The minimum Gasteiger partial charge on any atom is -0.358 e. The smallest absolute Gasteiger partial charge is 0.358 e. The molecule has 0 aromatic heterocycles. The Kier molecular flexibility index (Phi) is 17.6. The fourth-order valence-electron chi connectivity index (χ4n) is 2.97. The summed E-state index contributed by atoms with van der Waals surface area (Å²) >= 11 is 3.81. The van der Waals surface area contributed by atoms with Gasteiger partial charge in [-0.15, -0.1) is 0 Å². The molecule has 2 aliphatic carbocycles. The van der Waals surface area contributed by atoms with Crippen molar-refractivity contribution in [2.45, 2.75) is 69.7 Å². The third-order valence-electron chi connectivity index (χ3n) is 4.59. The van der Waals surface area contributed by atoms with Crippen LogP contribution in [-0.2, 0) is 17.1 Å². The zero-order valence-electron chi connectivity index (χ0n) is 14.4. The topological polar surface area (TPSA) is 3.24 Å². The molecule has 0 N–H and O–H groups in total. The van der Waals surface area contributed by atoms with E-state index in [1.54, 1.807) is 0 Å². The van der Waals surface area contributed by atoms with Gasteiger partial charge in [0.25, 0.3) is 0 Å². The molecular formula is C17H36BrFeN. The first kappa shape index (κ1) is 25.9. The van der Waals surface area contributed by atoms with Crippen LogP contribution >= 0.6 is 15.9 Å². The summed E-state index contributed by atoms with van der Waals surface area (Å²) in [6, 6.07) is 0.708. The monoisotopic (exact) mass is 389 g/mol. The van der Waals surface area contributed by atoms with Gasteiger partial charge in [0, 0.05) is 10.9 Å². The Morgan fingerprint density at radius 2 is 1.35 bits per heavy atom. The van der Waals surface area contributed by atoms with Crippen LogP contribution in [0.3, 0.4) is 0 Å². The Labute approximate surface area is 148 Å². The summed E-state index contributed by atoms with van der Waals surface area (Å²) in [5.41, 5.74) is 0. The van der Waals surface area contributed by atoms with Gasteiger partial charge in [-0.2, -0.15) is 0 Å². The molecule has 4 atom stereocenters. The van der Waals surface area contributed by atoms with Crippen molar-refractivity contribution in [3.05, 3.63) is 14.9 Å². The van der Waals surface area contributed by atoms with E-state index >= 15 is 0 Å². The number of hydrogen-bond acceptors (Lipinski definition) is 1.